The Morgan fingerprint density at radius 3 is 2.63 bits per heavy atom. The first-order valence-corrected chi connectivity index (χ1v) is 6.88. The Balaban J connectivity index is 1.89. The van der Waals surface area contributed by atoms with Crippen LogP contribution in [-0.4, -0.2) is 36.7 Å². The van der Waals surface area contributed by atoms with Crippen molar-refractivity contribution in [3.63, 3.8) is 0 Å². The molecule has 0 radical (unpaired) electrons. The van der Waals surface area contributed by atoms with Gasteiger partial charge in [0.1, 0.15) is 0 Å². The van der Waals surface area contributed by atoms with E-state index < -0.39 is 0 Å². The van der Waals surface area contributed by atoms with Crippen LogP contribution in [0.15, 0.2) is 22.7 Å². The van der Waals surface area contributed by atoms with E-state index in [1.165, 1.54) is 11.8 Å². The molecular weight excluding hydrogens is 262 g/mol. The summed E-state index contributed by atoms with van der Waals surface area (Å²) in [4.78, 5) is 8.59. The summed E-state index contributed by atoms with van der Waals surface area (Å²) in [5.74, 6) is 0.638. The Kier molecular flexibility index (Phi) is 4.80. The fourth-order valence-corrected chi connectivity index (χ4v) is 2.00. The van der Waals surface area contributed by atoms with Gasteiger partial charge in [0.15, 0.2) is 5.16 Å². The van der Waals surface area contributed by atoms with E-state index in [-0.39, 0.29) is 0 Å². The largest absolute Gasteiger partial charge is 0.312 e. The number of hydrogen-bond donors (Lipinski definition) is 1. The van der Waals surface area contributed by atoms with Crippen molar-refractivity contribution in [2.75, 3.05) is 6.54 Å². The fourth-order valence-electron chi connectivity index (χ4n) is 1.38. The second-order valence-corrected chi connectivity index (χ2v) is 5.52. The average Bonchev–Trinajstić information content (AvgIpc) is 2.77. The normalized spacial score (nSPS) is 11.2. The van der Waals surface area contributed by atoms with Gasteiger partial charge in [-0.2, -0.15) is 0 Å². The summed E-state index contributed by atoms with van der Waals surface area (Å²) < 4.78 is 1.59. The number of nitrogens with zero attached hydrogens (tertiary/aromatic N) is 6. The zero-order chi connectivity index (χ0) is 13.7. The van der Waals surface area contributed by atoms with Crippen molar-refractivity contribution >= 4 is 11.8 Å². The molecule has 0 bridgehead atoms. The van der Waals surface area contributed by atoms with Crippen LogP contribution < -0.4 is 5.32 Å². The minimum absolute atomic E-state index is 0.638. The zero-order valence-electron chi connectivity index (χ0n) is 11.2. The molecule has 0 aliphatic carbocycles. The van der Waals surface area contributed by atoms with E-state index in [4.69, 9.17) is 0 Å². The summed E-state index contributed by atoms with van der Waals surface area (Å²) >= 11 is 1.34. The van der Waals surface area contributed by atoms with Crippen molar-refractivity contribution < 1.29 is 0 Å². The van der Waals surface area contributed by atoms with Crippen molar-refractivity contribution in [1.82, 2.24) is 35.5 Å². The number of aromatic nitrogens is 6. The highest BCUT2D eigenvalue weighted by atomic mass is 32.2. The standard InChI is InChI=1S/C11H17N7S/c1-8(2)4-12-5-9-6-13-10(14-7-9)19-11-15-16-17-18(11)3/h6-8,12H,4-5H2,1-3H3. The van der Waals surface area contributed by atoms with E-state index in [0.29, 0.717) is 16.2 Å². The molecule has 1 N–H and O–H groups in total. The monoisotopic (exact) mass is 279 g/mol. The van der Waals surface area contributed by atoms with Gasteiger partial charge in [0, 0.05) is 31.5 Å². The Hall–Kier alpha value is -1.54. The molecule has 0 aliphatic heterocycles. The first-order valence-electron chi connectivity index (χ1n) is 6.07. The number of hydrogen-bond acceptors (Lipinski definition) is 7. The Morgan fingerprint density at radius 1 is 1.32 bits per heavy atom. The van der Waals surface area contributed by atoms with Crippen LogP contribution in [0.1, 0.15) is 19.4 Å². The quantitative estimate of drug-likeness (QED) is 0.787. The second kappa shape index (κ2) is 6.58. The third-order valence-corrected chi connectivity index (χ3v) is 3.25. The number of nitrogens with one attached hydrogen (secondary N) is 1. The van der Waals surface area contributed by atoms with E-state index in [2.05, 4.69) is 44.7 Å². The summed E-state index contributed by atoms with van der Waals surface area (Å²) in [5.41, 5.74) is 1.07. The van der Waals surface area contributed by atoms with E-state index in [9.17, 15) is 0 Å². The van der Waals surface area contributed by atoms with E-state index in [1.807, 2.05) is 12.4 Å². The van der Waals surface area contributed by atoms with E-state index in [0.717, 1.165) is 18.7 Å². The van der Waals surface area contributed by atoms with Crippen molar-refractivity contribution in [2.24, 2.45) is 13.0 Å². The lowest BCUT2D eigenvalue weighted by molar-refractivity contribution is 0.550. The minimum atomic E-state index is 0.638. The van der Waals surface area contributed by atoms with Gasteiger partial charge in [-0.05, 0) is 34.7 Å². The van der Waals surface area contributed by atoms with Gasteiger partial charge in [0.25, 0.3) is 0 Å². The number of aryl methyl sites for hydroxylation is 1. The average molecular weight is 279 g/mol. The maximum atomic E-state index is 4.30. The molecule has 0 saturated heterocycles. The summed E-state index contributed by atoms with van der Waals surface area (Å²) in [6.07, 6.45) is 3.65. The Morgan fingerprint density at radius 2 is 2.05 bits per heavy atom. The molecule has 2 aromatic rings. The van der Waals surface area contributed by atoms with Crippen LogP contribution in [0.4, 0.5) is 0 Å². The van der Waals surface area contributed by atoms with Crippen LogP contribution in [0.2, 0.25) is 0 Å². The van der Waals surface area contributed by atoms with Gasteiger partial charge in [0.05, 0.1) is 0 Å². The molecule has 0 unspecified atom stereocenters. The van der Waals surface area contributed by atoms with Crippen molar-refractivity contribution in [1.29, 1.82) is 0 Å². The van der Waals surface area contributed by atoms with Gasteiger partial charge < -0.3 is 5.32 Å². The maximum absolute atomic E-state index is 4.30. The lowest BCUT2D eigenvalue weighted by Crippen LogP contribution is -2.19. The minimum Gasteiger partial charge on any atom is -0.312 e. The molecule has 0 saturated carbocycles. The molecule has 0 amide bonds. The maximum Gasteiger partial charge on any atom is 0.216 e. The van der Waals surface area contributed by atoms with Crippen molar-refractivity contribution in [2.45, 2.75) is 30.7 Å². The molecule has 2 heterocycles. The predicted molar refractivity (Wildman–Crippen MR) is 71.5 cm³/mol. The van der Waals surface area contributed by atoms with E-state index >= 15 is 0 Å². The van der Waals surface area contributed by atoms with Crippen LogP contribution in [-0.2, 0) is 13.6 Å². The molecule has 0 fully saturated rings. The topological polar surface area (TPSA) is 81.4 Å². The first-order chi connectivity index (χ1) is 9.15. The third-order valence-electron chi connectivity index (χ3n) is 2.33. The zero-order valence-corrected chi connectivity index (χ0v) is 12.1. The molecule has 0 spiro atoms. The lowest BCUT2D eigenvalue weighted by atomic mass is 10.2. The summed E-state index contributed by atoms with van der Waals surface area (Å²) in [7, 11) is 1.78. The Labute approximate surface area is 116 Å². The highest BCUT2D eigenvalue weighted by Crippen LogP contribution is 2.20. The summed E-state index contributed by atoms with van der Waals surface area (Å²) in [5, 5.41) is 15.9. The molecule has 2 rings (SSSR count). The first kappa shape index (κ1) is 13.9. The summed E-state index contributed by atoms with van der Waals surface area (Å²) in [6.45, 7) is 6.13. The van der Waals surface area contributed by atoms with Crippen LogP contribution in [0.3, 0.4) is 0 Å². The molecule has 8 heteroatoms. The van der Waals surface area contributed by atoms with Gasteiger partial charge in [-0.3, -0.25) is 0 Å². The van der Waals surface area contributed by atoms with Gasteiger partial charge in [-0.15, -0.1) is 5.10 Å². The lowest BCUT2D eigenvalue weighted by Gasteiger charge is -2.06. The van der Waals surface area contributed by atoms with Gasteiger partial charge >= 0.3 is 0 Å². The van der Waals surface area contributed by atoms with Crippen LogP contribution in [0.25, 0.3) is 0 Å². The Bertz CT molecular complexity index is 508. The SMILES string of the molecule is CC(C)CNCc1cnc(Sc2nnnn2C)nc1. The van der Waals surface area contributed by atoms with Crippen LogP contribution in [0.5, 0.6) is 0 Å². The molecule has 0 aliphatic rings. The molecule has 102 valence electrons. The molecule has 0 atom stereocenters. The third kappa shape index (κ3) is 4.25. The highest BCUT2D eigenvalue weighted by Gasteiger charge is 2.07. The predicted octanol–water partition coefficient (Wildman–Crippen LogP) is 0.897. The highest BCUT2D eigenvalue weighted by molar-refractivity contribution is 7.99. The number of tetrazole rings is 1. The molecule has 19 heavy (non-hydrogen) atoms. The second-order valence-electron chi connectivity index (χ2n) is 4.59. The molecule has 2 aromatic heterocycles. The van der Waals surface area contributed by atoms with Crippen molar-refractivity contribution in [3.05, 3.63) is 18.0 Å². The summed E-state index contributed by atoms with van der Waals surface area (Å²) in [6, 6.07) is 0. The van der Waals surface area contributed by atoms with Gasteiger partial charge in [-0.25, -0.2) is 14.6 Å². The molecular formula is C11H17N7S. The smallest absolute Gasteiger partial charge is 0.216 e. The fraction of sp³-hybridized carbons (Fsp3) is 0.545. The molecule has 7 nitrogen and oxygen atoms in total. The van der Waals surface area contributed by atoms with Gasteiger partial charge in [0.2, 0.25) is 5.16 Å². The van der Waals surface area contributed by atoms with Crippen LogP contribution in [0, 0.1) is 5.92 Å². The van der Waals surface area contributed by atoms with Crippen LogP contribution >= 0.6 is 11.8 Å². The van der Waals surface area contributed by atoms with Crippen molar-refractivity contribution in [3.8, 4) is 0 Å². The van der Waals surface area contributed by atoms with Gasteiger partial charge in [-0.1, -0.05) is 13.8 Å². The number of rotatable bonds is 6. The molecule has 0 aromatic carbocycles. The van der Waals surface area contributed by atoms with E-state index in [1.54, 1.807) is 11.7 Å².